The first-order chi connectivity index (χ1) is 11.2. The summed E-state index contributed by atoms with van der Waals surface area (Å²) in [6, 6.07) is 4.24. The Morgan fingerprint density at radius 3 is 2.12 bits per heavy atom. The lowest BCUT2D eigenvalue weighted by molar-refractivity contribution is -0.165. The predicted molar refractivity (Wildman–Crippen MR) is 96.2 cm³/mol. The standard InChI is InChI=1S/C21H30O3/c1-7-24-19(23)20(6)10-8-9-11-21(20,17(5)22)18-15(3)12-14(2)13-16(18)4/h12-13H,7-11H2,1-6H3. The van der Waals surface area contributed by atoms with Crippen molar-refractivity contribution in [1.82, 2.24) is 0 Å². The maximum atomic E-state index is 13.0. The lowest BCUT2D eigenvalue weighted by atomic mass is 9.51. The quantitative estimate of drug-likeness (QED) is 0.759. The Bertz CT molecular complexity index is 638. The maximum Gasteiger partial charge on any atom is 0.313 e. The van der Waals surface area contributed by atoms with Crippen LogP contribution < -0.4 is 0 Å². The van der Waals surface area contributed by atoms with Gasteiger partial charge in [0.1, 0.15) is 5.78 Å². The van der Waals surface area contributed by atoms with Crippen LogP contribution in [0, 0.1) is 26.2 Å². The number of aryl methyl sites for hydroxylation is 3. The summed E-state index contributed by atoms with van der Waals surface area (Å²) in [6.45, 7) is 11.9. The molecule has 3 heteroatoms. The molecule has 3 nitrogen and oxygen atoms in total. The van der Waals surface area contributed by atoms with Crippen LogP contribution in [0.3, 0.4) is 0 Å². The van der Waals surface area contributed by atoms with Crippen LogP contribution in [0.2, 0.25) is 0 Å². The third kappa shape index (κ3) is 2.68. The number of carbonyl (C=O) groups excluding carboxylic acids is 2. The summed E-state index contributed by atoms with van der Waals surface area (Å²) in [5, 5.41) is 0. The Kier molecular flexibility index (Phi) is 5.22. The van der Waals surface area contributed by atoms with Crippen LogP contribution >= 0.6 is 0 Å². The summed E-state index contributed by atoms with van der Waals surface area (Å²) in [5.74, 6) is -0.160. The first-order valence-corrected chi connectivity index (χ1v) is 8.97. The molecule has 0 N–H and O–H groups in total. The Balaban J connectivity index is 2.78. The highest BCUT2D eigenvalue weighted by Crippen LogP contribution is 2.55. The largest absolute Gasteiger partial charge is 0.466 e. The van der Waals surface area contributed by atoms with Crippen LogP contribution in [0.4, 0.5) is 0 Å². The molecular formula is C21H30O3. The molecule has 0 aliphatic heterocycles. The van der Waals surface area contributed by atoms with Crippen LogP contribution in [0.1, 0.15) is 68.7 Å². The minimum absolute atomic E-state index is 0.0767. The van der Waals surface area contributed by atoms with Crippen LogP contribution in [0.5, 0.6) is 0 Å². The zero-order valence-electron chi connectivity index (χ0n) is 15.9. The summed E-state index contributed by atoms with van der Waals surface area (Å²) in [5.41, 5.74) is 2.81. The van der Waals surface area contributed by atoms with E-state index in [1.165, 1.54) is 5.56 Å². The molecule has 0 aromatic heterocycles. The van der Waals surface area contributed by atoms with Gasteiger partial charge in [0.05, 0.1) is 17.4 Å². The van der Waals surface area contributed by atoms with E-state index in [0.29, 0.717) is 19.4 Å². The first kappa shape index (κ1) is 18.7. The SMILES string of the molecule is CCOC(=O)C1(C)CCCCC1(C(C)=O)c1c(C)cc(C)cc1C. The molecule has 0 radical (unpaired) electrons. The van der Waals surface area contributed by atoms with E-state index in [2.05, 4.69) is 32.9 Å². The van der Waals surface area contributed by atoms with Gasteiger partial charge >= 0.3 is 5.97 Å². The van der Waals surface area contributed by atoms with Crippen molar-refractivity contribution >= 4 is 11.8 Å². The second kappa shape index (κ2) is 6.70. The van der Waals surface area contributed by atoms with E-state index in [0.717, 1.165) is 29.5 Å². The van der Waals surface area contributed by atoms with Gasteiger partial charge in [-0.3, -0.25) is 9.59 Å². The third-order valence-electron chi connectivity index (χ3n) is 5.85. The fraction of sp³-hybridized carbons (Fsp3) is 0.619. The second-order valence-electron chi connectivity index (χ2n) is 7.49. The molecule has 1 aromatic rings. The first-order valence-electron chi connectivity index (χ1n) is 8.97. The van der Waals surface area contributed by atoms with Gasteiger partial charge in [0.25, 0.3) is 0 Å². The van der Waals surface area contributed by atoms with Gasteiger partial charge in [0, 0.05) is 0 Å². The van der Waals surface area contributed by atoms with Crippen molar-refractivity contribution in [1.29, 1.82) is 0 Å². The van der Waals surface area contributed by atoms with Crippen LogP contribution in [0.25, 0.3) is 0 Å². The van der Waals surface area contributed by atoms with E-state index in [4.69, 9.17) is 4.74 Å². The molecule has 0 saturated heterocycles. The number of hydrogen-bond acceptors (Lipinski definition) is 3. The van der Waals surface area contributed by atoms with Gasteiger partial charge < -0.3 is 4.74 Å². The van der Waals surface area contributed by atoms with Crippen molar-refractivity contribution in [2.75, 3.05) is 6.61 Å². The molecule has 24 heavy (non-hydrogen) atoms. The molecule has 0 bridgehead atoms. The van der Waals surface area contributed by atoms with Crippen molar-refractivity contribution in [3.8, 4) is 0 Å². The Morgan fingerprint density at radius 1 is 1.08 bits per heavy atom. The van der Waals surface area contributed by atoms with Gasteiger partial charge in [-0.15, -0.1) is 0 Å². The van der Waals surface area contributed by atoms with E-state index in [1.807, 2.05) is 13.8 Å². The summed E-state index contributed by atoms with van der Waals surface area (Å²) in [7, 11) is 0. The monoisotopic (exact) mass is 330 g/mol. The fourth-order valence-electron chi connectivity index (χ4n) is 4.92. The van der Waals surface area contributed by atoms with Gasteiger partial charge in [-0.2, -0.15) is 0 Å². The normalized spacial score (nSPS) is 26.9. The van der Waals surface area contributed by atoms with Gasteiger partial charge in [-0.05, 0) is 71.1 Å². The minimum atomic E-state index is -0.808. The summed E-state index contributed by atoms with van der Waals surface area (Å²) >= 11 is 0. The molecule has 2 atom stereocenters. The predicted octanol–water partition coefficient (Wildman–Crippen LogP) is 4.58. The topological polar surface area (TPSA) is 43.4 Å². The highest BCUT2D eigenvalue weighted by atomic mass is 16.5. The van der Waals surface area contributed by atoms with Crippen LogP contribution in [0.15, 0.2) is 12.1 Å². The maximum absolute atomic E-state index is 13.0. The minimum Gasteiger partial charge on any atom is -0.466 e. The van der Waals surface area contributed by atoms with Gasteiger partial charge in [0.2, 0.25) is 0 Å². The lowest BCUT2D eigenvalue weighted by Gasteiger charge is -2.50. The van der Waals surface area contributed by atoms with E-state index in [-0.39, 0.29) is 11.8 Å². The molecule has 1 aliphatic carbocycles. The zero-order chi connectivity index (χ0) is 18.1. The van der Waals surface area contributed by atoms with E-state index in [9.17, 15) is 9.59 Å². The van der Waals surface area contributed by atoms with E-state index < -0.39 is 10.8 Å². The molecule has 2 rings (SSSR count). The molecule has 0 amide bonds. The number of ketones is 1. The Labute approximate surface area is 145 Å². The van der Waals surface area contributed by atoms with Gasteiger partial charge in [-0.25, -0.2) is 0 Å². The summed E-state index contributed by atoms with van der Waals surface area (Å²) < 4.78 is 5.42. The van der Waals surface area contributed by atoms with Gasteiger partial charge in [0.15, 0.2) is 0 Å². The molecular weight excluding hydrogens is 300 g/mol. The number of Topliss-reactive ketones (excluding diaryl/α,β-unsaturated/α-hetero) is 1. The van der Waals surface area contributed by atoms with Crippen molar-refractivity contribution < 1.29 is 14.3 Å². The Hall–Kier alpha value is -1.64. The highest BCUT2D eigenvalue weighted by molar-refractivity contribution is 5.96. The summed E-state index contributed by atoms with van der Waals surface area (Å²) in [6.07, 6.45) is 3.32. The average Bonchev–Trinajstić information content (AvgIpc) is 2.48. The molecule has 0 spiro atoms. The average molecular weight is 330 g/mol. The molecule has 1 aromatic carbocycles. The van der Waals surface area contributed by atoms with Crippen molar-refractivity contribution in [3.05, 3.63) is 34.4 Å². The van der Waals surface area contributed by atoms with Crippen molar-refractivity contribution in [2.45, 2.75) is 72.6 Å². The highest BCUT2D eigenvalue weighted by Gasteiger charge is 2.59. The Morgan fingerprint density at radius 2 is 1.62 bits per heavy atom. The number of rotatable bonds is 4. The van der Waals surface area contributed by atoms with Crippen molar-refractivity contribution in [2.24, 2.45) is 5.41 Å². The lowest BCUT2D eigenvalue weighted by Crippen LogP contribution is -2.56. The fourth-order valence-corrected chi connectivity index (χ4v) is 4.92. The zero-order valence-corrected chi connectivity index (χ0v) is 15.9. The summed E-state index contributed by atoms with van der Waals surface area (Å²) in [4.78, 5) is 26.0. The van der Waals surface area contributed by atoms with E-state index >= 15 is 0 Å². The van der Waals surface area contributed by atoms with Crippen LogP contribution in [-0.2, 0) is 19.7 Å². The third-order valence-corrected chi connectivity index (χ3v) is 5.85. The molecule has 1 fully saturated rings. The smallest absolute Gasteiger partial charge is 0.313 e. The number of benzene rings is 1. The molecule has 0 heterocycles. The van der Waals surface area contributed by atoms with Crippen molar-refractivity contribution in [3.63, 3.8) is 0 Å². The van der Waals surface area contributed by atoms with Crippen LogP contribution in [-0.4, -0.2) is 18.4 Å². The molecule has 2 unspecified atom stereocenters. The second-order valence-corrected chi connectivity index (χ2v) is 7.49. The molecule has 1 aliphatic rings. The molecule has 132 valence electrons. The number of esters is 1. The molecule has 1 saturated carbocycles. The number of hydrogen-bond donors (Lipinski definition) is 0. The number of ether oxygens (including phenoxy) is 1. The van der Waals surface area contributed by atoms with Gasteiger partial charge in [-0.1, -0.05) is 30.5 Å². The number of carbonyl (C=O) groups is 2. The van der Waals surface area contributed by atoms with E-state index in [1.54, 1.807) is 6.92 Å².